The minimum atomic E-state index is 0.902. The standard InChI is InChI=1S/C8H8BrS/c1-2-6-4-3-5-7(10)8(6)9/h3-5H,2H2,1H3. The van der Waals surface area contributed by atoms with Crippen molar-refractivity contribution >= 4 is 28.6 Å². The van der Waals surface area contributed by atoms with Gasteiger partial charge in [-0.15, -0.1) is 0 Å². The van der Waals surface area contributed by atoms with Crippen molar-refractivity contribution in [1.82, 2.24) is 0 Å². The van der Waals surface area contributed by atoms with E-state index in [9.17, 15) is 0 Å². The number of benzene rings is 1. The zero-order chi connectivity index (χ0) is 7.56. The first kappa shape index (κ1) is 8.02. The fraction of sp³-hybridized carbons (Fsp3) is 0.250. The Morgan fingerprint density at radius 1 is 1.50 bits per heavy atom. The summed E-state index contributed by atoms with van der Waals surface area (Å²) in [4.78, 5) is 0.902. The maximum atomic E-state index is 5.06. The Balaban J connectivity index is 3.14. The minimum Gasteiger partial charge on any atom is -0.0789 e. The number of halogens is 1. The van der Waals surface area contributed by atoms with E-state index in [1.54, 1.807) is 0 Å². The summed E-state index contributed by atoms with van der Waals surface area (Å²) in [7, 11) is 0. The first-order valence-electron chi connectivity index (χ1n) is 3.20. The van der Waals surface area contributed by atoms with E-state index in [0.717, 1.165) is 15.8 Å². The Bertz CT molecular complexity index is 233. The molecule has 0 nitrogen and oxygen atoms in total. The largest absolute Gasteiger partial charge is 0.0789 e. The van der Waals surface area contributed by atoms with Crippen molar-refractivity contribution in [1.29, 1.82) is 0 Å². The van der Waals surface area contributed by atoms with Crippen LogP contribution in [0.3, 0.4) is 0 Å². The lowest BCUT2D eigenvalue weighted by molar-refractivity contribution is 1.11. The van der Waals surface area contributed by atoms with Gasteiger partial charge in [-0.1, -0.05) is 31.7 Å². The van der Waals surface area contributed by atoms with Crippen molar-refractivity contribution in [2.75, 3.05) is 0 Å². The smallest absolute Gasteiger partial charge is 0.0521 e. The van der Waals surface area contributed by atoms with E-state index >= 15 is 0 Å². The predicted octanol–water partition coefficient (Wildman–Crippen LogP) is 3.57. The molecule has 0 heterocycles. The molecule has 0 atom stereocenters. The first-order valence-corrected chi connectivity index (χ1v) is 4.40. The van der Waals surface area contributed by atoms with Gasteiger partial charge in [0.2, 0.25) is 0 Å². The van der Waals surface area contributed by atoms with Gasteiger partial charge in [0.1, 0.15) is 0 Å². The Morgan fingerprint density at radius 2 is 2.20 bits per heavy atom. The molecule has 1 radical (unpaired) electrons. The summed E-state index contributed by atoms with van der Waals surface area (Å²) in [6.07, 6.45) is 1.03. The van der Waals surface area contributed by atoms with Gasteiger partial charge in [0.05, 0.1) is 4.90 Å². The number of hydrogen-bond donors (Lipinski definition) is 0. The van der Waals surface area contributed by atoms with Gasteiger partial charge in [0.15, 0.2) is 0 Å². The number of rotatable bonds is 1. The monoisotopic (exact) mass is 215 g/mol. The van der Waals surface area contributed by atoms with Crippen molar-refractivity contribution in [2.45, 2.75) is 18.2 Å². The molecule has 1 rings (SSSR count). The zero-order valence-electron chi connectivity index (χ0n) is 5.73. The lowest BCUT2D eigenvalue weighted by Crippen LogP contribution is -1.81. The van der Waals surface area contributed by atoms with Crippen LogP contribution in [0.15, 0.2) is 27.6 Å². The fourth-order valence-electron chi connectivity index (χ4n) is 0.829. The van der Waals surface area contributed by atoms with Gasteiger partial charge >= 0.3 is 0 Å². The average molecular weight is 216 g/mol. The average Bonchev–Trinajstić information content (AvgIpc) is 1.95. The Hall–Kier alpha value is -0.0800. The molecule has 10 heavy (non-hydrogen) atoms. The molecular weight excluding hydrogens is 208 g/mol. The van der Waals surface area contributed by atoms with Crippen LogP contribution in [0.5, 0.6) is 0 Å². The van der Waals surface area contributed by atoms with Crippen LogP contribution >= 0.6 is 28.6 Å². The molecule has 0 saturated heterocycles. The van der Waals surface area contributed by atoms with Crippen molar-refractivity contribution in [3.63, 3.8) is 0 Å². The van der Waals surface area contributed by atoms with Crippen LogP contribution in [0.1, 0.15) is 12.5 Å². The lowest BCUT2D eigenvalue weighted by Gasteiger charge is -2.00. The molecule has 1 aromatic carbocycles. The van der Waals surface area contributed by atoms with Crippen LogP contribution in [-0.2, 0) is 6.42 Å². The third-order valence-electron chi connectivity index (χ3n) is 1.42. The van der Waals surface area contributed by atoms with Gasteiger partial charge in [-0.05, 0) is 34.0 Å². The first-order chi connectivity index (χ1) is 4.75. The summed E-state index contributed by atoms with van der Waals surface area (Å²) in [5.41, 5.74) is 1.28. The molecule has 0 aliphatic rings. The molecule has 0 spiro atoms. The number of aryl methyl sites for hydroxylation is 1. The number of hydrogen-bond acceptors (Lipinski definition) is 0. The molecule has 0 N–H and O–H groups in total. The van der Waals surface area contributed by atoms with Gasteiger partial charge in [0.25, 0.3) is 0 Å². The minimum absolute atomic E-state index is 0.902. The molecule has 0 aliphatic heterocycles. The molecule has 0 unspecified atom stereocenters. The molecule has 2 heteroatoms. The fourth-order valence-corrected chi connectivity index (χ4v) is 1.58. The van der Waals surface area contributed by atoms with Crippen LogP contribution in [0.2, 0.25) is 0 Å². The lowest BCUT2D eigenvalue weighted by atomic mass is 10.2. The summed E-state index contributed by atoms with van der Waals surface area (Å²) in [6.45, 7) is 2.12. The molecule has 0 amide bonds. The van der Waals surface area contributed by atoms with E-state index in [0.29, 0.717) is 0 Å². The highest BCUT2D eigenvalue weighted by Gasteiger charge is 1.99. The van der Waals surface area contributed by atoms with E-state index in [1.807, 2.05) is 12.1 Å². The Kier molecular flexibility index (Phi) is 2.69. The summed E-state index contributed by atoms with van der Waals surface area (Å²) < 4.78 is 1.08. The maximum Gasteiger partial charge on any atom is 0.0521 e. The molecule has 1 aromatic rings. The van der Waals surface area contributed by atoms with Gasteiger partial charge in [-0.2, -0.15) is 0 Å². The van der Waals surface area contributed by atoms with Crippen LogP contribution in [0.25, 0.3) is 0 Å². The van der Waals surface area contributed by atoms with Crippen LogP contribution in [0, 0.1) is 0 Å². The summed E-state index contributed by atoms with van der Waals surface area (Å²) >= 11 is 8.50. The summed E-state index contributed by atoms with van der Waals surface area (Å²) in [5.74, 6) is 0. The topological polar surface area (TPSA) is 0 Å². The second-order valence-electron chi connectivity index (χ2n) is 2.08. The third-order valence-corrected chi connectivity index (χ3v) is 2.96. The van der Waals surface area contributed by atoms with Crippen LogP contribution in [-0.4, -0.2) is 0 Å². The van der Waals surface area contributed by atoms with E-state index in [-0.39, 0.29) is 0 Å². The van der Waals surface area contributed by atoms with Gasteiger partial charge in [-0.3, -0.25) is 0 Å². The normalized spacial score (nSPS) is 9.80. The molecule has 0 saturated carbocycles. The van der Waals surface area contributed by atoms with Crippen molar-refractivity contribution in [3.05, 3.63) is 28.2 Å². The van der Waals surface area contributed by atoms with Crippen LogP contribution in [0.4, 0.5) is 0 Å². The third kappa shape index (κ3) is 1.50. The summed E-state index contributed by atoms with van der Waals surface area (Å²) in [6, 6.07) is 6.00. The second kappa shape index (κ2) is 3.35. The highest BCUT2D eigenvalue weighted by Crippen LogP contribution is 2.24. The molecule has 0 aromatic heterocycles. The van der Waals surface area contributed by atoms with Crippen molar-refractivity contribution in [3.8, 4) is 0 Å². The molecular formula is C8H8BrS. The molecule has 0 aliphatic carbocycles. The molecule has 53 valence electrons. The van der Waals surface area contributed by atoms with Gasteiger partial charge < -0.3 is 0 Å². The quantitative estimate of drug-likeness (QED) is 0.673. The van der Waals surface area contributed by atoms with E-state index in [1.165, 1.54) is 5.56 Å². The van der Waals surface area contributed by atoms with Crippen molar-refractivity contribution in [2.24, 2.45) is 0 Å². The second-order valence-corrected chi connectivity index (χ2v) is 3.32. The predicted molar refractivity (Wildman–Crippen MR) is 49.4 cm³/mol. The SMILES string of the molecule is CCc1cccc([S])c1Br. The Labute approximate surface area is 75.2 Å². The highest BCUT2D eigenvalue weighted by atomic mass is 79.9. The summed E-state index contributed by atoms with van der Waals surface area (Å²) in [5, 5.41) is 0. The maximum absolute atomic E-state index is 5.06. The highest BCUT2D eigenvalue weighted by molar-refractivity contribution is 9.10. The molecule has 0 bridgehead atoms. The van der Waals surface area contributed by atoms with Gasteiger partial charge in [-0.25, -0.2) is 0 Å². The zero-order valence-corrected chi connectivity index (χ0v) is 8.13. The Morgan fingerprint density at radius 3 is 2.70 bits per heavy atom. The van der Waals surface area contributed by atoms with Crippen molar-refractivity contribution < 1.29 is 0 Å². The van der Waals surface area contributed by atoms with E-state index < -0.39 is 0 Å². The van der Waals surface area contributed by atoms with E-state index in [2.05, 4.69) is 28.9 Å². The van der Waals surface area contributed by atoms with Crippen LogP contribution < -0.4 is 0 Å². The van der Waals surface area contributed by atoms with E-state index in [4.69, 9.17) is 12.6 Å². The van der Waals surface area contributed by atoms with Gasteiger partial charge in [0, 0.05) is 4.47 Å². The molecule has 0 fully saturated rings.